The van der Waals surface area contributed by atoms with E-state index >= 15 is 0 Å². The standard InChI is InChI=1S/C16H19NO4/c1-11(2)14(16(20)21-3)17-15(19)13-8-6-12(7-9-13)5-4-10-18/h6-9,11,14,18H,10H2,1-3H3,(H,17,19). The van der Waals surface area contributed by atoms with E-state index in [1.165, 1.54) is 7.11 Å². The molecule has 1 atom stereocenters. The van der Waals surface area contributed by atoms with Crippen molar-refractivity contribution >= 4 is 11.9 Å². The SMILES string of the molecule is COC(=O)C(NC(=O)c1ccc(C#CCO)cc1)C(C)C. The number of hydrogen-bond acceptors (Lipinski definition) is 4. The third-order valence-corrected chi connectivity index (χ3v) is 2.87. The Balaban J connectivity index is 2.81. The smallest absolute Gasteiger partial charge is 0.328 e. The molecule has 1 rings (SSSR count). The van der Waals surface area contributed by atoms with Crippen LogP contribution in [0.3, 0.4) is 0 Å². The molecule has 1 aromatic carbocycles. The summed E-state index contributed by atoms with van der Waals surface area (Å²) in [6.45, 7) is 3.45. The maximum absolute atomic E-state index is 12.1. The van der Waals surface area contributed by atoms with Crippen LogP contribution in [0.25, 0.3) is 0 Å². The Hall–Kier alpha value is -2.32. The van der Waals surface area contributed by atoms with Crippen molar-refractivity contribution < 1.29 is 19.4 Å². The number of aliphatic hydroxyl groups excluding tert-OH is 1. The van der Waals surface area contributed by atoms with Gasteiger partial charge >= 0.3 is 5.97 Å². The Labute approximate surface area is 124 Å². The fraction of sp³-hybridized carbons (Fsp3) is 0.375. The van der Waals surface area contributed by atoms with E-state index in [4.69, 9.17) is 5.11 Å². The highest BCUT2D eigenvalue weighted by atomic mass is 16.5. The van der Waals surface area contributed by atoms with Gasteiger partial charge in [-0.15, -0.1) is 0 Å². The van der Waals surface area contributed by atoms with Gasteiger partial charge in [-0.25, -0.2) is 4.79 Å². The van der Waals surface area contributed by atoms with E-state index in [1.807, 2.05) is 13.8 Å². The molecule has 0 aromatic heterocycles. The van der Waals surface area contributed by atoms with Gasteiger partial charge < -0.3 is 15.2 Å². The minimum Gasteiger partial charge on any atom is -0.467 e. The lowest BCUT2D eigenvalue weighted by atomic mass is 10.0. The van der Waals surface area contributed by atoms with Gasteiger partial charge in [0.15, 0.2) is 0 Å². The van der Waals surface area contributed by atoms with Gasteiger partial charge in [-0.1, -0.05) is 25.7 Å². The molecular formula is C16H19NO4. The topological polar surface area (TPSA) is 75.6 Å². The average Bonchev–Trinajstić information content (AvgIpc) is 2.49. The summed E-state index contributed by atoms with van der Waals surface area (Å²) >= 11 is 0. The van der Waals surface area contributed by atoms with Crippen molar-refractivity contribution in [3.8, 4) is 11.8 Å². The summed E-state index contributed by atoms with van der Waals surface area (Å²) in [4.78, 5) is 23.7. The van der Waals surface area contributed by atoms with Crippen LogP contribution < -0.4 is 5.32 Å². The summed E-state index contributed by atoms with van der Waals surface area (Å²) in [6.07, 6.45) is 0. The zero-order valence-electron chi connectivity index (χ0n) is 12.3. The van der Waals surface area contributed by atoms with Crippen LogP contribution in [0, 0.1) is 17.8 Å². The molecule has 2 N–H and O–H groups in total. The van der Waals surface area contributed by atoms with Crippen LogP contribution in [0.2, 0.25) is 0 Å². The predicted octanol–water partition coefficient (Wildman–Crippen LogP) is 0.958. The Kier molecular flexibility index (Phi) is 6.44. The number of esters is 1. The van der Waals surface area contributed by atoms with Crippen LogP contribution in [0.1, 0.15) is 29.8 Å². The first-order chi connectivity index (χ1) is 9.99. The summed E-state index contributed by atoms with van der Waals surface area (Å²) in [5.74, 6) is 4.38. The molecule has 0 radical (unpaired) electrons. The first kappa shape index (κ1) is 16.7. The van der Waals surface area contributed by atoms with Gasteiger partial charge in [-0.3, -0.25) is 4.79 Å². The fourth-order valence-electron chi connectivity index (χ4n) is 1.70. The number of carbonyl (C=O) groups is 2. The van der Waals surface area contributed by atoms with Crippen molar-refractivity contribution in [3.05, 3.63) is 35.4 Å². The van der Waals surface area contributed by atoms with Crippen molar-refractivity contribution in [3.63, 3.8) is 0 Å². The number of aliphatic hydroxyl groups is 1. The highest BCUT2D eigenvalue weighted by Gasteiger charge is 2.25. The first-order valence-electron chi connectivity index (χ1n) is 6.58. The maximum atomic E-state index is 12.1. The zero-order chi connectivity index (χ0) is 15.8. The van der Waals surface area contributed by atoms with Crippen molar-refractivity contribution in [2.45, 2.75) is 19.9 Å². The number of rotatable bonds is 4. The van der Waals surface area contributed by atoms with Crippen LogP contribution in [-0.2, 0) is 9.53 Å². The van der Waals surface area contributed by atoms with Gasteiger partial charge in [0, 0.05) is 11.1 Å². The normalized spacial score (nSPS) is 11.3. The zero-order valence-corrected chi connectivity index (χ0v) is 12.3. The largest absolute Gasteiger partial charge is 0.467 e. The Morgan fingerprint density at radius 3 is 2.38 bits per heavy atom. The second-order valence-electron chi connectivity index (χ2n) is 4.76. The second-order valence-corrected chi connectivity index (χ2v) is 4.76. The molecule has 5 nitrogen and oxygen atoms in total. The molecule has 0 bridgehead atoms. The molecule has 1 unspecified atom stereocenters. The summed E-state index contributed by atoms with van der Waals surface area (Å²) in [5.41, 5.74) is 1.13. The van der Waals surface area contributed by atoms with Gasteiger partial charge in [-0.05, 0) is 30.2 Å². The van der Waals surface area contributed by atoms with Gasteiger partial charge in [0.05, 0.1) is 7.11 Å². The van der Waals surface area contributed by atoms with Gasteiger partial charge in [0.2, 0.25) is 0 Å². The van der Waals surface area contributed by atoms with Crippen LogP contribution in [0.4, 0.5) is 0 Å². The number of benzene rings is 1. The number of carbonyl (C=O) groups excluding carboxylic acids is 2. The van der Waals surface area contributed by atoms with Crippen LogP contribution in [0.5, 0.6) is 0 Å². The van der Waals surface area contributed by atoms with Crippen molar-refractivity contribution in [1.29, 1.82) is 0 Å². The number of hydrogen-bond donors (Lipinski definition) is 2. The molecule has 1 amide bonds. The van der Waals surface area contributed by atoms with Crippen LogP contribution in [0.15, 0.2) is 24.3 Å². The van der Waals surface area contributed by atoms with Crippen LogP contribution in [-0.4, -0.2) is 36.7 Å². The van der Waals surface area contributed by atoms with Crippen molar-refractivity contribution in [2.75, 3.05) is 13.7 Å². The third-order valence-electron chi connectivity index (χ3n) is 2.87. The minimum atomic E-state index is -0.684. The molecule has 0 aliphatic rings. The summed E-state index contributed by atoms with van der Waals surface area (Å²) < 4.78 is 4.68. The molecule has 0 heterocycles. The van der Waals surface area contributed by atoms with Crippen molar-refractivity contribution in [1.82, 2.24) is 5.32 Å². The monoisotopic (exact) mass is 289 g/mol. The van der Waals surface area contributed by atoms with E-state index in [0.29, 0.717) is 11.1 Å². The van der Waals surface area contributed by atoms with E-state index in [1.54, 1.807) is 24.3 Å². The molecule has 0 fully saturated rings. The van der Waals surface area contributed by atoms with E-state index in [9.17, 15) is 9.59 Å². The number of amides is 1. The molecule has 1 aromatic rings. The van der Waals surface area contributed by atoms with E-state index in [2.05, 4.69) is 21.9 Å². The van der Waals surface area contributed by atoms with Gasteiger partial charge in [0.25, 0.3) is 5.91 Å². The lowest BCUT2D eigenvalue weighted by Gasteiger charge is -2.19. The Morgan fingerprint density at radius 1 is 1.29 bits per heavy atom. The highest BCUT2D eigenvalue weighted by Crippen LogP contribution is 2.07. The minimum absolute atomic E-state index is 0.0731. The van der Waals surface area contributed by atoms with Gasteiger partial charge in [-0.2, -0.15) is 0 Å². The van der Waals surface area contributed by atoms with E-state index in [-0.39, 0.29) is 18.4 Å². The Bertz CT molecular complexity index is 552. The molecule has 0 aliphatic heterocycles. The maximum Gasteiger partial charge on any atom is 0.328 e. The predicted molar refractivity (Wildman–Crippen MR) is 78.5 cm³/mol. The summed E-state index contributed by atoms with van der Waals surface area (Å²) in [7, 11) is 1.29. The molecule has 0 spiro atoms. The Morgan fingerprint density at radius 2 is 1.90 bits per heavy atom. The third kappa shape index (κ3) is 4.93. The summed E-state index contributed by atoms with van der Waals surface area (Å²) in [6, 6.07) is 5.91. The second kappa shape index (κ2) is 8.08. The molecule has 0 saturated heterocycles. The summed E-state index contributed by atoms with van der Waals surface area (Å²) in [5, 5.41) is 11.3. The molecular weight excluding hydrogens is 270 g/mol. The quantitative estimate of drug-likeness (QED) is 0.639. The molecule has 0 saturated carbocycles. The highest BCUT2D eigenvalue weighted by molar-refractivity contribution is 5.96. The van der Waals surface area contributed by atoms with E-state index in [0.717, 1.165) is 0 Å². The number of nitrogens with one attached hydrogen (secondary N) is 1. The first-order valence-corrected chi connectivity index (χ1v) is 6.58. The van der Waals surface area contributed by atoms with E-state index < -0.39 is 12.0 Å². The molecule has 0 aliphatic carbocycles. The molecule has 5 heteroatoms. The molecule has 21 heavy (non-hydrogen) atoms. The lowest BCUT2D eigenvalue weighted by Crippen LogP contribution is -2.45. The number of ether oxygens (including phenoxy) is 1. The average molecular weight is 289 g/mol. The number of methoxy groups -OCH3 is 1. The molecule has 112 valence electrons. The fourth-order valence-corrected chi connectivity index (χ4v) is 1.70. The van der Waals surface area contributed by atoms with Crippen molar-refractivity contribution in [2.24, 2.45) is 5.92 Å². The van der Waals surface area contributed by atoms with Gasteiger partial charge in [0.1, 0.15) is 12.6 Å². The van der Waals surface area contributed by atoms with Crippen LogP contribution >= 0.6 is 0 Å². The lowest BCUT2D eigenvalue weighted by molar-refractivity contribution is -0.144.